The second-order valence-corrected chi connectivity index (χ2v) is 7.79. The lowest BCUT2D eigenvalue weighted by molar-refractivity contribution is 0.587. The quantitative estimate of drug-likeness (QED) is 0.769. The number of aryl methyl sites for hydroxylation is 1. The van der Waals surface area contributed by atoms with Crippen LogP contribution in [0, 0.1) is 13.5 Å². The molecule has 0 spiro atoms. The van der Waals surface area contributed by atoms with Crippen molar-refractivity contribution in [3.05, 3.63) is 75.5 Å². The predicted molar refractivity (Wildman–Crippen MR) is 86.6 cm³/mol. The van der Waals surface area contributed by atoms with E-state index in [9.17, 15) is 8.42 Å². The van der Waals surface area contributed by atoms with Gasteiger partial charge < -0.3 is 0 Å². The molecule has 1 unspecified atom stereocenters. The maximum Gasteiger partial charge on any atom is 0.329 e. The Morgan fingerprint density at radius 3 is 2.19 bits per heavy atom. The first-order chi connectivity index (χ1) is 9.93. The van der Waals surface area contributed by atoms with Crippen molar-refractivity contribution in [3.8, 4) is 0 Å². The summed E-state index contributed by atoms with van der Waals surface area (Å²) in [5, 5.41) is -1.10. The smallest absolute Gasteiger partial charge is 0.296 e. The van der Waals surface area contributed by atoms with Gasteiger partial charge >= 0.3 is 5.37 Å². The van der Waals surface area contributed by atoms with Gasteiger partial charge in [0.05, 0.1) is 11.3 Å². The van der Waals surface area contributed by atoms with Crippen LogP contribution in [0.2, 0.25) is 0 Å². The van der Waals surface area contributed by atoms with Gasteiger partial charge in [0.2, 0.25) is 0 Å². The molecule has 0 saturated carbocycles. The fourth-order valence-corrected chi connectivity index (χ4v) is 3.58. The van der Waals surface area contributed by atoms with Crippen LogP contribution < -0.4 is 0 Å². The van der Waals surface area contributed by atoms with Crippen molar-refractivity contribution in [1.29, 1.82) is 0 Å². The summed E-state index contributed by atoms with van der Waals surface area (Å²) in [4.78, 5) is 3.53. The van der Waals surface area contributed by atoms with Gasteiger partial charge in [-0.15, -0.1) is 0 Å². The van der Waals surface area contributed by atoms with Crippen molar-refractivity contribution in [2.75, 3.05) is 0 Å². The van der Waals surface area contributed by atoms with Crippen LogP contribution in [0.15, 0.2) is 57.9 Å². The van der Waals surface area contributed by atoms with Crippen LogP contribution in [0.3, 0.4) is 0 Å². The minimum atomic E-state index is -3.64. The summed E-state index contributed by atoms with van der Waals surface area (Å²) in [6.07, 6.45) is 0.187. The third kappa shape index (κ3) is 3.72. The Balaban J connectivity index is 2.30. The molecular formula is C16H14BrNO2S. The standard InChI is InChI=1S/C16H14BrNO2S/c1-12-3-9-15(10-4-12)21(19,20)16(18-2)11-13-5-7-14(17)8-6-13/h3-10,16H,11H2,1H3. The van der Waals surface area contributed by atoms with Gasteiger partial charge in [-0.1, -0.05) is 45.8 Å². The Kier molecular flexibility index (Phi) is 4.81. The largest absolute Gasteiger partial charge is 0.329 e. The average Bonchev–Trinajstić information content (AvgIpc) is 2.47. The van der Waals surface area contributed by atoms with E-state index < -0.39 is 15.2 Å². The summed E-state index contributed by atoms with van der Waals surface area (Å²) in [5.74, 6) is 0. The van der Waals surface area contributed by atoms with E-state index >= 15 is 0 Å². The van der Waals surface area contributed by atoms with Crippen LogP contribution >= 0.6 is 15.9 Å². The average molecular weight is 364 g/mol. The third-order valence-corrected chi connectivity index (χ3v) is 5.62. The molecule has 0 aliphatic heterocycles. The van der Waals surface area contributed by atoms with E-state index in [0.717, 1.165) is 15.6 Å². The number of hydrogen-bond donors (Lipinski definition) is 0. The Labute approximate surface area is 133 Å². The van der Waals surface area contributed by atoms with Crippen molar-refractivity contribution in [3.63, 3.8) is 0 Å². The minimum absolute atomic E-state index is 0.187. The van der Waals surface area contributed by atoms with Gasteiger partial charge in [0.15, 0.2) is 0 Å². The van der Waals surface area contributed by atoms with Crippen molar-refractivity contribution in [2.45, 2.75) is 23.6 Å². The molecule has 0 heterocycles. The van der Waals surface area contributed by atoms with E-state index in [2.05, 4.69) is 20.8 Å². The molecule has 2 aromatic rings. The lowest BCUT2D eigenvalue weighted by atomic mass is 10.1. The van der Waals surface area contributed by atoms with E-state index in [-0.39, 0.29) is 11.3 Å². The van der Waals surface area contributed by atoms with Gasteiger partial charge in [-0.05, 0) is 36.8 Å². The van der Waals surface area contributed by atoms with Gasteiger partial charge in [-0.2, -0.15) is 0 Å². The maximum absolute atomic E-state index is 12.5. The third-order valence-electron chi connectivity index (χ3n) is 3.18. The molecule has 0 amide bonds. The van der Waals surface area contributed by atoms with Crippen molar-refractivity contribution in [1.82, 2.24) is 0 Å². The predicted octanol–water partition coefficient (Wildman–Crippen LogP) is 4.02. The minimum Gasteiger partial charge on any atom is -0.296 e. The molecule has 2 rings (SSSR count). The summed E-state index contributed by atoms with van der Waals surface area (Å²) in [5.41, 5.74) is 1.82. The first-order valence-corrected chi connectivity index (χ1v) is 8.69. The van der Waals surface area contributed by atoms with Gasteiger partial charge in [-0.3, -0.25) is 4.85 Å². The van der Waals surface area contributed by atoms with Crippen LogP contribution in [-0.2, 0) is 16.3 Å². The topological polar surface area (TPSA) is 38.5 Å². The van der Waals surface area contributed by atoms with Gasteiger partial charge in [0.1, 0.15) is 0 Å². The van der Waals surface area contributed by atoms with E-state index in [4.69, 9.17) is 6.57 Å². The highest BCUT2D eigenvalue weighted by molar-refractivity contribution is 9.10. The van der Waals surface area contributed by atoms with Gasteiger partial charge in [0.25, 0.3) is 9.84 Å². The number of hydrogen-bond acceptors (Lipinski definition) is 2. The molecule has 0 N–H and O–H groups in total. The van der Waals surface area contributed by atoms with Crippen molar-refractivity contribution in [2.24, 2.45) is 0 Å². The Morgan fingerprint density at radius 1 is 1.10 bits per heavy atom. The lowest BCUT2D eigenvalue weighted by Gasteiger charge is -2.08. The zero-order valence-electron chi connectivity index (χ0n) is 11.5. The van der Waals surface area contributed by atoms with E-state index in [1.807, 2.05) is 31.2 Å². The molecule has 5 heteroatoms. The first kappa shape index (κ1) is 15.7. The van der Waals surface area contributed by atoms with Crippen molar-refractivity contribution >= 4 is 25.8 Å². The normalized spacial score (nSPS) is 12.6. The molecule has 0 aromatic heterocycles. The number of rotatable bonds is 4. The second kappa shape index (κ2) is 6.42. The highest BCUT2D eigenvalue weighted by atomic mass is 79.9. The Morgan fingerprint density at radius 2 is 1.67 bits per heavy atom. The Bertz CT molecular complexity index is 759. The zero-order chi connectivity index (χ0) is 15.5. The summed E-state index contributed by atoms with van der Waals surface area (Å²) in [6, 6.07) is 13.9. The molecule has 108 valence electrons. The van der Waals surface area contributed by atoms with Crippen molar-refractivity contribution < 1.29 is 8.42 Å². The molecule has 3 nitrogen and oxygen atoms in total. The monoisotopic (exact) mass is 363 g/mol. The number of benzene rings is 2. The maximum atomic E-state index is 12.5. The zero-order valence-corrected chi connectivity index (χ0v) is 13.9. The van der Waals surface area contributed by atoms with Crippen LogP contribution in [0.25, 0.3) is 4.85 Å². The highest BCUT2D eigenvalue weighted by Gasteiger charge is 2.32. The van der Waals surface area contributed by atoms with Crippen LogP contribution in [-0.4, -0.2) is 13.8 Å². The molecule has 2 aromatic carbocycles. The Hall–Kier alpha value is -1.64. The molecule has 0 aliphatic rings. The second-order valence-electron chi connectivity index (χ2n) is 4.77. The summed E-state index contributed by atoms with van der Waals surface area (Å²) in [6.45, 7) is 9.13. The van der Waals surface area contributed by atoms with E-state index in [1.54, 1.807) is 24.3 Å². The molecule has 0 aliphatic carbocycles. The van der Waals surface area contributed by atoms with Crippen LogP contribution in [0.4, 0.5) is 0 Å². The van der Waals surface area contributed by atoms with Crippen LogP contribution in [0.1, 0.15) is 11.1 Å². The summed E-state index contributed by atoms with van der Waals surface area (Å²) in [7, 11) is -3.64. The number of halogens is 1. The molecule has 21 heavy (non-hydrogen) atoms. The molecular weight excluding hydrogens is 350 g/mol. The van der Waals surface area contributed by atoms with Gasteiger partial charge in [0, 0.05) is 4.47 Å². The van der Waals surface area contributed by atoms with E-state index in [1.165, 1.54) is 0 Å². The fraction of sp³-hybridized carbons (Fsp3) is 0.188. The molecule has 1 atom stereocenters. The molecule has 0 saturated heterocycles. The van der Waals surface area contributed by atoms with Gasteiger partial charge in [-0.25, -0.2) is 15.0 Å². The van der Waals surface area contributed by atoms with E-state index in [0.29, 0.717) is 0 Å². The van der Waals surface area contributed by atoms with Crippen LogP contribution in [0.5, 0.6) is 0 Å². The highest BCUT2D eigenvalue weighted by Crippen LogP contribution is 2.22. The molecule has 0 bridgehead atoms. The molecule has 0 fully saturated rings. The summed E-state index contributed by atoms with van der Waals surface area (Å²) >= 11 is 3.33. The fourth-order valence-electron chi connectivity index (χ4n) is 1.93. The SMILES string of the molecule is [C-]#[N+]C(Cc1ccc(Br)cc1)S(=O)(=O)c1ccc(C)cc1. The molecule has 0 radical (unpaired) electrons. The first-order valence-electron chi connectivity index (χ1n) is 6.35. The number of sulfone groups is 1. The lowest BCUT2D eigenvalue weighted by Crippen LogP contribution is -2.20. The summed E-state index contributed by atoms with van der Waals surface area (Å²) < 4.78 is 26.0. The number of nitrogens with zero attached hydrogens (tertiary/aromatic N) is 1.